The normalized spacial score (nSPS) is 15.9. The molecule has 50 heavy (non-hydrogen) atoms. The van der Waals surface area contributed by atoms with Crippen LogP contribution in [0.5, 0.6) is 0 Å². The molecule has 2 unspecified atom stereocenters. The molecule has 8 aromatic rings. The first-order valence-corrected chi connectivity index (χ1v) is 17.2. The number of hydrogen-bond donors (Lipinski definition) is 0. The van der Waals surface area contributed by atoms with E-state index in [9.17, 15) is 0 Å². The third kappa shape index (κ3) is 4.48. The zero-order valence-electron chi connectivity index (χ0n) is 27.2. The van der Waals surface area contributed by atoms with Gasteiger partial charge in [-0.15, -0.1) is 0 Å². The van der Waals surface area contributed by atoms with E-state index >= 15 is 0 Å². The van der Waals surface area contributed by atoms with E-state index in [0.717, 1.165) is 16.7 Å². The highest BCUT2D eigenvalue weighted by Gasteiger charge is 2.42. The van der Waals surface area contributed by atoms with Crippen molar-refractivity contribution in [2.45, 2.75) is 11.8 Å². The fourth-order valence-electron chi connectivity index (χ4n) is 8.30. The Bertz CT molecular complexity index is 2540. The predicted octanol–water partition coefficient (Wildman–Crippen LogP) is 9.32. The number of rotatable bonds is 5. The van der Waals surface area contributed by atoms with Gasteiger partial charge in [0.05, 0.1) is 0 Å². The van der Waals surface area contributed by atoms with Crippen LogP contribution in [0.25, 0.3) is 56.1 Å². The molecule has 0 saturated heterocycles. The molecule has 0 radical (unpaired) electrons. The summed E-state index contributed by atoms with van der Waals surface area (Å²) in [5.41, 5.74) is 11.0. The van der Waals surface area contributed by atoms with Crippen LogP contribution < -0.4 is 10.4 Å². The third-order valence-electron chi connectivity index (χ3n) is 10.3. The summed E-state index contributed by atoms with van der Waals surface area (Å²) in [6.45, 7) is 0. The van der Waals surface area contributed by atoms with Gasteiger partial charge in [0.1, 0.15) is 0 Å². The van der Waals surface area contributed by atoms with Gasteiger partial charge < -0.3 is 0 Å². The predicted molar refractivity (Wildman–Crippen MR) is 203 cm³/mol. The highest BCUT2D eigenvalue weighted by molar-refractivity contribution is 6.05. The highest BCUT2D eigenvalue weighted by Crippen LogP contribution is 2.57. The van der Waals surface area contributed by atoms with E-state index in [2.05, 4.69) is 140 Å². The maximum Gasteiger partial charge on any atom is 0.164 e. The van der Waals surface area contributed by atoms with Crippen molar-refractivity contribution < 1.29 is 0 Å². The first kappa shape index (κ1) is 28.6. The van der Waals surface area contributed by atoms with Crippen molar-refractivity contribution in [1.82, 2.24) is 15.0 Å². The SMILES string of the molecule is c1ccc(C2=c3ccccc3=C(c3ccccc3)C3c4ccc(-c5nc(-c6ccccc6)nc(-c6ccccc6)n5)c5cccc(c45)C23)cc1. The van der Waals surface area contributed by atoms with Crippen molar-refractivity contribution in [3.05, 3.63) is 209 Å². The molecule has 0 aliphatic heterocycles. The molecule has 234 valence electrons. The summed E-state index contributed by atoms with van der Waals surface area (Å²) in [4.78, 5) is 15.3. The lowest BCUT2D eigenvalue weighted by molar-refractivity contribution is 0.791. The van der Waals surface area contributed by atoms with Crippen LogP contribution in [0.2, 0.25) is 0 Å². The summed E-state index contributed by atoms with van der Waals surface area (Å²) in [5, 5.41) is 5.09. The van der Waals surface area contributed by atoms with E-state index in [1.807, 2.05) is 36.4 Å². The molecular formula is C47H31N3. The monoisotopic (exact) mass is 637 g/mol. The molecular weight excluding hydrogens is 607 g/mol. The zero-order chi connectivity index (χ0) is 33.0. The standard InChI is InChI=1S/C47H31N3/c1-5-16-30(17-6-1)40-34-24-13-14-25-35(34)41(31-18-7-2-8-19-31)44-39-29-28-37(36-26-15-27-38(42(36)39)43(40)44)47-49-45(32-20-9-3-10-21-32)48-46(50-47)33-22-11-4-12-23-33/h1-29,43-44H. The average molecular weight is 638 g/mol. The van der Waals surface area contributed by atoms with Gasteiger partial charge in [-0.1, -0.05) is 176 Å². The molecule has 10 rings (SSSR count). The first-order valence-electron chi connectivity index (χ1n) is 17.2. The Morgan fingerprint density at radius 2 is 0.740 bits per heavy atom. The number of nitrogens with zero attached hydrogens (tertiary/aromatic N) is 3. The Balaban J connectivity index is 1.26. The Kier molecular flexibility index (Phi) is 6.63. The van der Waals surface area contributed by atoms with E-state index in [4.69, 9.17) is 15.0 Å². The van der Waals surface area contributed by atoms with E-state index in [1.165, 1.54) is 54.6 Å². The van der Waals surface area contributed by atoms with Crippen LogP contribution in [-0.4, -0.2) is 15.0 Å². The molecule has 1 heterocycles. The fraction of sp³-hybridized carbons (Fsp3) is 0.0426. The van der Waals surface area contributed by atoms with Crippen LogP contribution in [0, 0.1) is 0 Å². The Hall–Kier alpha value is -6.45. The van der Waals surface area contributed by atoms with Gasteiger partial charge in [0.2, 0.25) is 0 Å². The van der Waals surface area contributed by atoms with Gasteiger partial charge in [0, 0.05) is 28.5 Å². The van der Waals surface area contributed by atoms with Crippen LogP contribution in [0.4, 0.5) is 0 Å². The van der Waals surface area contributed by atoms with E-state index in [0.29, 0.717) is 17.5 Å². The third-order valence-corrected chi connectivity index (χ3v) is 10.3. The summed E-state index contributed by atoms with van der Waals surface area (Å²) in [7, 11) is 0. The topological polar surface area (TPSA) is 38.7 Å². The molecule has 3 heteroatoms. The summed E-state index contributed by atoms with van der Waals surface area (Å²) < 4.78 is 0. The summed E-state index contributed by atoms with van der Waals surface area (Å²) >= 11 is 0. The highest BCUT2D eigenvalue weighted by atomic mass is 15.0. The number of benzene rings is 7. The lowest BCUT2D eigenvalue weighted by Crippen LogP contribution is -2.38. The van der Waals surface area contributed by atoms with Crippen molar-refractivity contribution in [3.63, 3.8) is 0 Å². The summed E-state index contributed by atoms with van der Waals surface area (Å²) in [6.07, 6.45) is 0. The second-order valence-corrected chi connectivity index (χ2v) is 13.1. The van der Waals surface area contributed by atoms with Crippen molar-refractivity contribution in [2.75, 3.05) is 0 Å². The Morgan fingerprint density at radius 3 is 1.24 bits per heavy atom. The van der Waals surface area contributed by atoms with Crippen LogP contribution in [-0.2, 0) is 0 Å². The molecule has 0 N–H and O–H groups in total. The minimum Gasteiger partial charge on any atom is -0.208 e. The largest absolute Gasteiger partial charge is 0.208 e. The maximum atomic E-state index is 5.14. The van der Waals surface area contributed by atoms with Gasteiger partial charge in [-0.2, -0.15) is 0 Å². The Morgan fingerprint density at radius 1 is 0.320 bits per heavy atom. The summed E-state index contributed by atoms with van der Waals surface area (Å²) in [6, 6.07) is 62.7. The van der Waals surface area contributed by atoms with Crippen LogP contribution in [0.1, 0.15) is 34.1 Å². The van der Waals surface area contributed by atoms with Gasteiger partial charge in [0.15, 0.2) is 17.5 Å². The van der Waals surface area contributed by atoms with Crippen molar-refractivity contribution in [3.8, 4) is 34.2 Å². The second kappa shape index (κ2) is 11.6. The van der Waals surface area contributed by atoms with Crippen molar-refractivity contribution in [1.29, 1.82) is 0 Å². The minimum absolute atomic E-state index is 0.148. The van der Waals surface area contributed by atoms with E-state index in [1.54, 1.807) is 0 Å². The number of aromatic nitrogens is 3. The molecule has 0 fully saturated rings. The quantitative estimate of drug-likeness (QED) is 0.189. The van der Waals surface area contributed by atoms with Gasteiger partial charge in [-0.05, 0) is 54.6 Å². The van der Waals surface area contributed by atoms with Crippen LogP contribution >= 0.6 is 0 Å². The molecule has 0 spiro atoms. The van der Waals surface area contributed by atoms with Gasteiger partial charge in [-0.3, -0.25) is 0 Å². The molecule has 7 aromatic carbocycles. The zero-order valence-corrected chi connectivity index (χ0v) is 27.2. The molecule has 0 saturated carbocycles. The summed E-state index contributed by atoms with van der Waals surface area (Å²) in [5.74, 6) is 2.31. The molecule has 3 nitrogen and oxygen atoms in total. The Labute approximate surface area is 290 Å². The smallest absolute Gasteiger partial charge is 0.164 e. The average Bonchev–Trinajstić information content (AvgIpc) is 3.53. The van der Waals surface area contributed by atoms with E-state index in [-0.39, 0.29) is 11.8 Å². The van der Waals surface area contributed by atoms with Gasteiger partial charge in [0.25, 0.3) is 0 Å². The lowest BCUT2D eigenvalue weighted by atomic mass is 9.70. The number of hydrogen-bond acceptors (Lipinski definition) is 3. The minimum atomic E-state index is 0.148. The van der Waals surface area contributed by atoms with Crippen molar-refractivity contribution in [2.24, 2.45) is 0 Å². The van der Waals surface area contributed by atoms with Crippen LogP contribution in [0.3, 0.4) is 0 Å². The fourth-order valence-corrected chi connectivity index (χ4v) is 8.30. The molecule has 1 aromatic heterocycles. The molecule has 2 aliphatic rings. The molecule has 0 bridgehead atoms. The van der Waals surface area contributed by atoms with Gasteiger partial charge >= 0.3 is 0 Å². The second-order valence-electron chi connectivity index (χ2n) is 13.1. The van der Waals surface area contributed by atoms with Crippen LogP contribution in [0.15, 0.2) is 176 Å². The maximum absolute atomic E-state index is 5.14. The number of fused-ring (bicyclic) bond motifs is 4. The molecule has 2 atom stereocenters. The van der Waals surface area contributed by atoms with E-state index < -0.39 is 0 Å². The lowest BCUT2D eigenvalue weighted by Gasteiger charge is -2.32. The van der Waals surface area contributed by atoms with Crippen molar-refractivity contribution >= 4 is 21.9 Å². The van der Waals surface area contributed by atoms with Gasteiger partial charge in [-0.25, -0.2) is 15.0 Å². The molecule has 0 amide bonds. The molecule has 2 aliphatic carbocycles. The first-order chi connectivity index (χ1) is 24.8.